The zero-order valence-corrected chi connectivity index (χ0v) is 18.3. The molecule has 0 aliphatic carbocycles. The lowest BCUT2D eigenvalue weighted by Crippen LogP contribution is -2.23. The summed E-state index contributed by atoms with van der Waals surface area (Å²) in [5.74, 6) is 0.293. The van der Waals surface area contributed by atoms with Gasteiger partial charge in [0.2, 0.25) is 0 Å². The number of rotatable bonds is 7. The van der Waals surface area contributed by atoms with Gasteiger partial charge in [-0.1, -0.05) is 36.4 Å². The van der Waals surface area contributed by atoms with Crippen molar-refractivity contribution in [2.45, 2.75) is 26.3 Å². The lowest BCUT2D eigenvalue weighted by molar-refractivity contribution is 0.0950. The molecule has 0 aliphatic heterocycles. The van der Waals surface area contributed by atoms with Gasteiger partial charge >= 0.3 is 0 Å². The molecule has 7 nitrogen and oxygen atoms in total. The highest BCUT2D eigenvalue weighted by Gasteiger charge is 2.09. The lowest BCUT2D eigenvalue weighted by atomic mass is 10.0. The topological polar surface area (TPSA) is 114 Å². The second-order valence-electron chi connectivity index (χ2n) is 7.89. The maximum atomic E-state index is 12.6. The van der Waals surface area contributed by atoms with E-state index in [0.717, 1.165) is 33.6 Å². The van der Waals surface area contributed by atoms with Gasteiger partial charge in [0.05, 0.1) is 0 Å². The van der Waals surface area contributed by atoms with E-state index in [1.807, 2.05) is 49.4 Å². The molecule has 166 valence electrons. The number of H-pyrrole nitrogens is 1. The molecule has 0 aliphatic rings. The van der Waals surface area contributed by atoms with Crippen LogP contribution in [0.3, 0.4) is 0 Å². The summed E-state index contributed by atoms with van der Waals surface area (Å²) in [6.07, 6.45) is 4.46. The Kier molecular flexibility index (Phi) is 6.59. The monoisotopic (exact) mass is 439 g/mol. The molecule has 0 spiro atoms. The fraction of sp³-hybridized carbons (Fsp3) is 0.154. The Morgan fingerprint density at radius 1 is 1.00 bits per heavy atom. The highest BCUT2D eigenvalue weighted by molar-refractivity contribution is 5.94. The van der Waals surface area contributed by atoms with Crippen molar-refractivity contribution < 1.29 is 4.79 Å². The Balaban J connectivity index is 1.38. The summed E-state index contributed by atoms with van der Waals surface area (Å²) in [4.78, 5) is 35.8. The van der Waals surface area contributed by atoms with Gasteiger partial charge in [0.15, 0.2) is 0 Å². The number of hydrogen-bond donors (Lipinski definition) is 3. The summed E-state index contributed by atoms with van der Waals surface area (Å²) < 4.78 is 0. The number of benzene rings is 1. The van der Waals surface area contributed by atoms with Crippen LogP contribution in [-0.2, 0) is 19.4 Å². The van der Waals surface area contributed by atoms with Crippen molar-refractivity contribution >= 4 is 11.7 Å². The molecule has 4 aromatic rings. The minimum absolute atomic E-state index is 0.0660. The molecular formula is C26H25N5O2. The molecule has 0 bridgehead atoms. The predicted molar refractivity (Wildman–Crippen MR) is 128 cm³/mol. The molecule has 0 atom stereocenters. The molecule has 7 heteroatoms. The Labute approximate surface area is 191 Å². The van der Waals surface area contributed by atoms with E-state index in [1.165, 1.54) is 0 Å². The molecule has 0 saturated carbocycles. The van der Waals surface area contributed by atoms with Crippen LogP contribution in [0.15, 0.2) is 77.9 Å². The first-order chi connectivity index (χ1) is 16.0. The Bertz CT molecular complexity index is 1330. The fourth-order valence-corrected chi connectivity index (χ4v) is 3.59. The number of nitrogens with two attached hydrogens (primary N) is 1. The minimum Gasteiger partial charge on any atom is -0.384 e. The van der Waals surface area contributed by atoms with Crippen LogP contribution in [0, 0.1) is 6.92 Å². The molecule has 33 heavy (non-hydrogen) atoms. The number of pyridine rings is 3. The van der Waals surface area contributed by atoms with Gasteiger partial charge in [-0.05, 0) is 47.9 Å². The van der Waals surface area contributed by atoms with Crippen LogP contribution in [0.4, 0.5) is 5.82 Å². The van der Waals surface area contributed by atoms with E-state index in [0.29, 0.717) is 30.8 Å². The SMILES string of the molecule is Cc1nc(N)ccc1CNC(=O)c1ccnc(Cc2ccc(Cc3ccc[nH]c3=O)cc2)c1. The van der Waals surface area contributed by atoms with Crippen LogP contribution in [-0.4, -0.2) is 20.9 Å². The standard InChI is InChI=1S/C26H25N5O2/c1-17-22(8-9-24(27)31-17)16-30-26(33)21-10-12-28-23(15-21)14-19-6-4-18(5-7-19)13-20-3-2-11-29-25(20)32/h2-12,15H,13-14,16H2,1H3,(H2,27,31)(H,29,32)(H,30,33). The number of carbonyl (C=O) groups is 1. The van der Waals surface area contributed by atoms with Gasteiger partial charge in [0.25, 0.3) is 11.5 Å². The minimum atomic E-state index is -0.168. The molecule has 0 radical (unpaired) electrons. The van der Waals surface area contributed by atoms with Crippen molar-refractivity contribution in [2.75, 3.05) is 5.73 Å². The summed E-state index contributed by atoms with van der Waals surface area (Å²) in [6, 6.07) is 18.8. The van der Waals surface area contributed by atoms with Gasteiger partial charge in [0, 0.05) is 54.3 Å². The normalized spacial score (nSPS) is 10.7. The molecule has 1 aromatic carbocycles. The summed E-state index contributed by atoms with van der Waals surface area (Å²) in [5, 5.41) is 2.93. The zero-order chi connectivity index (χ0) is 23.2. The van der Waals surface area contributed by atoms with E-state index in [9.17, 15) is 9.59 Å². The summed E-state index contributed by atoms with van der Waals surface area (Å²) in [7, 11) is 0. The fourth-order valence-electron chi connectivity index (χ4n) is 3.59. The van der Waals surface area contributed by atoms with E-state index >= 15 is 0 Å². The summed E-state index contributed by atoms with van der Waals surface area (Å²) in [6.45, 7) is 2.24. The molecular weight excluding hydrogens is 414 g/mol. The molecule has 1 amide bonds. The van der Waals surface area contributed by atoms with Gasteiger partial charge in [-0.3, -0.25) is 14.6 Å². The predicted octanol–water partition coefficient (Wildman–Crippen LogP) is 3.17. The molecule has 4 rings (SSSR count). The van der Waals surface area contributed by atoms with Crippen LogP contribution in [0.5, 0.6) is 0 Å². The second-order valence-corrected chi connectivity index (χ2v) is 7.89. The third-order valence-corrected chi connectivity index (χ3v) is 5.44. The number of aromatic amines is 1. The van der Waals surface area contributed by atoms with Crippen molar-refractivity contribution in [3.8, 4) is 0 Å². The molecule has 0 fully saturated rings. The number of hydrogen-bond acceptors (Lipinski definition) is 5. The number of aryl methyl sites for hydroxylation is 1. The Hall–Kier alpha value is -4.26. The van der Waals surface area contributed by atoms with Gasteiger partial charge in [-0.25, -0.2) is 4.98 Å². The number of carbonyl (C=O) groups excluding carboxylic acids is 1. The van der Waals surface area contributed by atoms with Crippen molar-refractivity contribution in [1.82, 2.24) is 20.3 Å². The van der Waals surface area contributed by atoms with Crippen molar-refractivity contribution in [3.05, 3.63) is 123 Å². The summed E-state index contributed by atoms with van der Waals surface area (Å²) >= 11 is 0. The number of nitrogens with zero attached hydrogens (tertiary/aromatic N) is 2. The van der Waals surface area contributed by atoms with Crippen LogP contribution in [0.1, 0.15) is 44.0 Å². The highest BCUT2D eigenvalue weighted by atomic mass is 16.1. The van der Waals surface area contributed by atoms with Crippen LogP contribution < -0.4 is 16.6 Å². The van der Waals surface area contributed by atoms with Crippen LogP contribution >= 0.6 is 0 Å². The maximum Gasteiger partial charge on any atom is 0.251 e. The molecule has 3 aromatic heterocycles. The molecule has 0 saturated heterocycles. The molecule has 3 heterocycles. The van der Waals surface area contributed by atoms with Crippen molar-refractivity contribution in [3.63, 3.8) is 0 Å². The average Bonchev–Trinajstić information content (AvgIpc) is 2.81. The third kappa shape index (κ3) is 5.71. The highest BCUT2D eigenvalue weighted by Crippen LogP contribution is 2.13. The first kappa shape index (κ1) is 22.0. The van der Waals surface area contributed by atoms with Gasteiger partial charge < -0.3 is 16.0 Å². The van der Waals surface area contributed by atoms with E-state index in [2.05, 4.69) is 20.3 Å². The average molecular weight is 440 g/mol. The summed E-state index contributed by atoms with van der Waals surface area (Å²) in [5.41, 5.74) is 11.6. The lowest BCUT2D eigenvalue weighted by Gasteiger charge is -2.09. The number of anilines is 1. The van der Waals surface area contributed by atoms with Crippen LogP contribution in [0.25, 0.3) is 0 Å². The van der Waals surface area contributed by atoms with Gasteiger partial charge in [-0.2, -0.15) is 0 Å². The van der Waals surface area contributed by atoms with E-state index < -0.39 is 0 Å². The number of nitrogen functional groups attached to an aromatic ring is 1. The number of aromatic nitrogens is 3. The first-order valence-corrected chi connectivity index (χ1v) is 10.7. The number of amides is 1. The van der Waals surface area contributed by atoms with Crippen molar-refractivity contribution in [2.24, 2.45) is 0 Å². The number of nitrogens with one attached hydrogen (secondary N) is 2. The second kappa shape index (κ2) is 9.91. The van der Waals surface area contributed by atoms with E-state index in [4.69, 9.17) is 5.73 Å². The van der Waals surface area contributed by atoms with Crippen LogP contribution in [0.2, 0.25) is 0 Å². The zero-order valence-electron chi connectivity index (χ0n) is 18.3. The third-order valence-electron chi connectivity index (χ3n) is 5.44. The smallest absolute Gasteiger partial charge is 0.251 e. The largest absolute Gasteiger partial charge is 0.384 e. The molecule has 4 N–H and O–H groups in total. The Morgan fingerprint density at radius 2 is 1.76 bits per heavy atom. The van der Waals surface area contributed by atoms with Gasteiger partial charge in [-0.15, -0.1) is 0 Å². The Morgan fingerprint density at radius 3 is 2.48 bits per heavy atom. The van der Waals surface area contributed by atoms with E-state index in [-0.39, 0.29) is 11.5 Å². The first-order valence-electron chi connectivity index (χ1n) is 10.7. The maximum absolute atomic E-state index is 12.6. The van der Waals surface area contributed by atoms with E-state index in [1.54, 1.807) is 30.6 Å². The molecule has 0 unspecified atom stereocenters. The quantitative estimate of drug-likeness (QED) is 0.409. The van der Waals surface area contributed by atoms with Gasteiger partial charge in [0.1, 0.15) is 5.82 Å². The van der Waals surface area contributed by atoms with Crippen molar-refractivity contribution in [1.29, 1.82) is 0 Å².